The van der Waals surface area contributed by atoms with E-state index in [1.807, 2.05) is 6.92 Å². The van der Waals surface area contributed by atoms with Gasteiger partial charge in [-0.25, -0.2) is 4.98 Å². The van der Waals surface area contributed by atoms with Crippen LogP contribution in [0.4, 0.5) is 5.69 Å². The van der Waals surface area contributed by atoms with Gasteiger partial charge in [0.25, 0.3) is 5.56 Å². The second kappa shape index (κ2) is 10.1. The van der Waals surface area contributed by atoms with Crippen LogP contribution < -0.4 is 16.6 Å². The van der Waals surface area contributed by atoms with Crippen LogP contribution in [-0.2, 0) is 23.6 Å². The molecule has 1 unspecified atom stereocenters. The number of hydrogen-bond donors (Lipinski definition) is 2. The Hall–Kier alpha value is -2.11. The van der Waals surface area contributed by atoms with E-state index < -0.39 is 36.2 Å². The molecule has 3 heterocycles. The molecule has 0 radical (unpaired) electrons. The average molecular weight is 565 g/mol. The van der Waals surface area contributed by atoms with Crippen LogP contribution >= 0.6 is 12.4 Å². The molecule has 12 heteroatoms. The van der Waals surface area contributed by atoms with Crippen molar-refractivity contribution in [2.45, 2.75) is 116 Å². The topological polar surface area (TPSA) is 135 Å². The molecule has 1 amide bonds. The third-order valence-electron chi connectivity index (χ3n) is 9.43. The van der Waals surface area contributed by atoms with Gasteiger partial charge in [0.1, 0.15) is 23.2 Å². The van der Waals surface area contributed by atoms with Gasteiger partial charge < -0.3 is 25.1 Å². The van der Waals surface area contributed by atoms with Gasteiger partial charge in [-0.2, -0.15) is 0 Å². The molecule has 3 N–H and O–H groups in total. The molecule has 216 valence electrons. The number of fused-ring (bicyclic) bond motifs is 1. The summed E-state index contributed by atoms with van der Waals surface area (Å²) in [6, 6.07) is -0.846. The molecule has 6 rings (SSSR count). The van der Waals surface area contributed by atoms with Crippen LogP contribution in [0.5, 0.6) is 0 Å². The standard InChI is InChI=1S/C27H41BN4O6.ClH/c1-8-20(28-37-19-12-15-11-18(26(15,5)6)27(19,7)38-28)31-23(34)17-9-14(10-21(33)36-25(2,3)4)22-30-13-16(29)24(35)32(17)22;/h13-15,17-20H,8-12,29H2,1-7H3,(H,31,34);1H/t14?,15-,17-,18-,19+,20-,27-;/m0./s1. The Kier molecular flexibility index (Phi) is 7.71. The van der Waals surface area contributed by atoms with Gasteiger partial charge in [-0.3, -0.25) is 19.0 Å². The fraction of sp³-hybridized carbons (Fsp3) is 0.778. The second-order valence-corrected chi connectivity index (χ2v) is 13.3. The number of nitrogens with two attached hydrogens (primary N) is 1. The number of amides is 1. The SMILES string of the molecule is CC[C@H](NC(=O)[C@@H]1CC(CC(=O)OC(C)(C)C)c2ncc(N)c(=O)n21)B1O[C@@H]2C[C@@H]3C[C@@H](C3(C)C)[C@]2(C)O1.Cl. The van der Waals surface area contributed by atoms with Gasteiger partial charge in [0.15, 0.2) is 0 Å². The largest absolute Gasteiger partial charge is 0.481 e. The predicted octanol–water partition coefficient (Wildman–Crippen LogP) is 3.17. The summed E-state index contributed by atoms with van der Waals surface area (Å²) in [4.78, 5) is 43.6. The van der Waals surface area contributed by atoms with Crippen LogP contribution in [0.2, 0.25) is 0 Å². The maximum absolute atomic E-state index is 13.7. The summed E-state index contributed by atoms with van der Waals surface area (Å²) < 4.78 is 19.8. The number of hydrogen-bond acceptors (Lipinski definition) is 8. The van der Waals surface area contributed by atoms with Crippen molar-refractivity contribution in [1.29, 1.82) is 0 Å². The van der Waals surface area contributed by atoms with Crippen LogP contribution in [0.25, 0.3) is 0 Å². The normalized spacial score (nSPS) is 32.8. The first-order chi connectivity index (χ1) is 17.7. The average Bonchev–Trinajstić information content (AvgIpc) is 3.35. The van der Waals surface area contributed by atoms with Crippen molar-refractivity contribution >= 4 is 37.1 Å². The highest BCUT2D eigenvalue weighted by molar-refractivity contribution is 6.47. The highest BCUT2D eigenvalue weighted by Crippen LogP contribution is 2.65. The minimum atomic E-state index is -0.846. The smallest absolute Gasteiger partial charge is 0.460 e. The van der Waals surface area contributed by atoms with Gasteiger partial charge in [-0.05, 0) is 70.6 Å². The molecule has 1 aromatic heterocycles. The molecule has 39 heavy (non-hydrogen) atoms. The molecule has 2 aliphatic heterocycles. The zero-order chi connectivity index (χ0) is 27.8. The lowest BCUT2D eigenvalue weighted by atomic mass is 9.43. The van der Waals surface area contributed by atoms with Crippen molar-refractivity contribution in [3.8, 4) is 0 Å². The van der Waals surface area contributed by atoms with Crippen molar-refractivity contribution in [2.75, 3.05) is 5.73 Å². The van der Waals surface area contributed by atoms with E-state index in [1.54, 1.807) is 20.8 Å². The van der Waals surface area contributed by atoms with Crippen LogP contribution in [0.1, 0.15) is 98.4 Å². The van der Waals surface area contributed by atoms with E-state index in [9.17, 15) is 14.4 Å². The number of ether oxygens (including phenoxy) is 1. The first kappa shape index (κ1) is 29.9. The molecule has 5 aliphatic rings. The molecular weight excluding hydrogens is 523 g/mol. The maximum Gasteiger partial charge on any atom is 0.481 e. The number of nitrogens with one attached hydrogen (secondary N) is 1. The lowest BCUT2D eigenvalue weighted by Crippen LogP contribution is -2.65. The van der Waals surface area contributed by atoms with Crippen molar-refractivity contribution in [3.63, 3.8) is 0 Å². The van der Waals surface area contributed by atoms with E-state index in [4.69, 9.17) is 19.8 Å². The molecule has 3 aliphatic carbocycles. The number of carbonyl (C=O) groups excluding carboxylic acids is 2. The minimum absolute atomic E-state index is 0. The first-order valence-corrected chi connectivity index (χ1v) is 13.9. The van der Waals surface area contributed by atoms with Crippen LogP contribution in [-0.4, -0.2) is 51.8 Å². The Morgan fingerprint density at radius 2 is 1.97 bits per heavy atom. The predicted molar refractivity (Wildman–Crippen MR) is 149 cm³/mol. The number of nitrogens with zero attached hydrogens (tertiary/aromatic N) is 2. The van der Waals surface area contributed by atoms with E-state index in [-0.39, 0.29) is 59.9 Å². The zero-order valence-corrected chi connectivity index (χ0v) is 24.8. The summed E-state index contributed by atoms with van der Waals surface area (Å²) in [6.45, 7) is 14.1. The van der Waals surface area contributed by atoms with E-state index in [2.05, 4.69) is 31.1 Å². The highest BCUT2D eigenvalue weighted by atomic mass is 35.5. The van der Waals surface area contributed by atoms with Crippen molar-refractivity contribution in [3.05, 3.63) is 22.4 Å². The molecule has 1 aromatic rings. The summed E-state index contributed by atoms with van der Waals surface area (Å²) >= 11 is 0. The molecule has 1 saturated heterocycles. The highest BCUT2D eigenvalue weighted by Gasteiger charge is 2.68. The van der Waals surface area contributed by atoms with Gasteiger partial charge >= 0.3 is 13.1 Å². The lowest BCUT2D eigenvalue weighted by molar-refractivity contribution is -0.199. The molecular formula is C27H42BClN4O6. The molecule has 4 fully saturated rings. The molecule has 3 saturated carbocycles. The number of halogens is 1. The molecule has 0 aromatic carbocycles. The second-order valence-electron chi connectivity index (χ2n) is 13.3. The number of esters is 1. The molecule has 10 nitrogen and oxygen atoms in total. The Bertz CT molecular complexity index is 1200. The van der Waals surface area contributed by atoms with Crippen molar-refractivity contribution < 1.29 is 23.6 Å². The van der Waals surface area contributed by atoms with E-state index in [0.29, 0.717) is 24.1 Å². The minimum Gasteiger partial charge on any atom is -0.460 e. The van der Waals surface area contributed by atoms with Crippen LogP contribution in [0.3, 0.4) is 0 Å². The Morgan fingerprint density at radius 3 is 2.59 bits per heavy atom. The summed E-state index contributed by atoms with van der Waals surface area (Å²) in [5.41, 5.74) is 4.55. The van der Waals surface area contributed by atoms with Gasteiger partial charge in [-0.15, -0.1) is 12.4 Å². The van der Waals surface area contributed by atoms with Crippen molar-refractivity contribution in [2.24, 2.45) is 17.3 Å². The summed E-state index contributed by atoms with van der Waals surface area (Å²) in [5.74, 6) is -0.151. The maximum atomic E-state index is 13.7. The van der Waals surface area contributed by atoms with Crippen molar-refractivity contribution in [1.82, 2.24) is 14.9 Å². The van der Waals surface area contributed by atoms with Crippen LogP contribution in [0, 0.1) is 17.3 Å². The van der Waals surface area contributed by atoms with Gasteiger partial charge in [0.05, 0.1) is 30.3 Å². The fourth-order valence-electron chi connectivity index (χ4n) is 7.28. The van der Waals surface area contributed by atoms with Gasteiger partial charge in [0, 0.05) is 5.92 Å². The summed E-state index contributed by atoms with van der Waals surface area (Å²) in [7, 11) is -0.566. The van der Waals surface area contributed by atoms with Gasteiger partial charge in [-0.1, -0.05) is 20.8 Å². The number of rotatable bonds is 6. The Balaban J connectivity index is 0.00000353. The number of anilines is 1. The Labute approximate surface area is 236 Å². The Morgan fingerprint density at radius 1 is 1.28 bits per heavy atom. The summed E-state index contributed by atoms with van der Waals surface area (Å²) in [5, 5.41) is 3.09. The number of nitrogen functional groups attached to an aromatic ring is 1. The third kappa shape index (κ3) is 4.99. The molecule has 0 spiro atoms. The summed E-state index contributed by atoms with van der Waals surface area (Å²) in [6.07, 6.45) is 4.27. The van der Waals surface area contributed by atoms with Crippen LogP contribution in [0.15, 0.2) is 11.0 Å². The zero-order valence-electron chi connectivity index (χ0n) is 24.0. The fourth-order valence-corrected chi connectivity index (χ4v) is 7.28. The molecule has 7 atom stereocenters. The first-order valence-electron chi connectivity index (χ1n) is 13.9. The van der Waals surface area contributed by atoms with E-state index in [0.717, 1.165) is 12.8 Å². The number of aromatic nitrogens is 2. The van der Waals surface area contributed by atoms with Gasteiger partial charge in [0.2, 0.25) is 5.91 Å². The van der Waals surface area contributed by atoms with E-state index >= 15 is 0 Å². The molecule has 2 bridgehead atoms. The monoisotopic (exact) mass is 564 g/mol. The third-order valence-corrected chi connectivity index (χ3v) is 9.43. The number of carbonyl (C=O) groups is 2. The van der Waals surface area contributed by atoms with E-state index in [1.165, 1.54) is 10.8 Å². The lowest BCUT2D eigenvalue weighted by Gasteiger charge is -2.64. The quantitative estimate of drug-likeness (QED) is 0.397.